The van der Waals surface area contributed by atoms with E-state index in [0.717, 1.165) is 35.3 Å². The van der Waals surface area contributed by atoms with Crippen LogP contribution < -0.4 is 5.32 Å². The maximum atomic E-state index is 9.74. The second-order valence-corrected chi connectivity index (χ2v) is 6.55. The number of aromatic nitrogens is 1. The minimum Gasteiger partial charge on any atom is -0.508 e. The zero-order chi connectivity index (χ0) is 14.9. The molecule has 3 rings (SSSR count). The number of rotatable bonds is 3. The quantitative estimate of drug-likeness (QED) is 0.818. The van der Waals surface area contributed by atoms with E-state index < -0.39 is 0 Å². The molecule has 2 aromatic rings. The monoisotopic (exact) mass is 304 g/mol. The Labute approximate surface area is 130 Å². The van der Waals surface area contributed by atoms with Crippen molar-refractivity contribution in [2.45, 2.75) is 38.1 Å². The molecule has 3 nitrogen and oxygen atoms in total. The lowest BCUT2D eigenvalue weighted by atomic mass is 9.78. The molecule has 1 saturated carbocycles. The Morgan fingerprint density at radius 1 is 1.33 bits per heavy atom. The smallest absolute Gasteiger partial charge is 0.134 e. The van der Waals surface area contributed by atoms with E-state index in [4.69, 9.17) is 11.6 Å². The molecule has 0 bridgehead atoms. The largest absolute Gasteiger partial charge is 0.508 e. The number of hydrogen-bond acceptors (Lipinski definition) is 3. The maximum absolute atomic E-state index is 9.74. The van der Waals surface area contributed by atoms with Crippen LogP contribution in [-0.4, -0.2) is 21.5 Å². The third kappa shape index (κ3) is 2.93. The Bertz CT molecular complexity index is 636. The molecule has 0 saturated heterocycles. The van der Waals surface area contributed by atoms with Crippen LogP contribution >= 0.6 is 11.6 Å². The van der Waals surface area contributed by atoms with Gasteiger partial charge in [0.25, 0.3) is 0 Å². The van der Waals surface area contributed by atoms with Crippen LogP contribution in [0.15, 0.2) is 30.5 Å². The first kappa shape index (κ1) is 14.5. The highest BCUT2D eigenvalue weighted by molar-refractivity contribution is 6.19. The number of aromatic hydroxyl groups is 1. The first-order valence-electron chi connectivity index (χ1n) is 7.54. The van der Waals surface area contributed by atoms with E-state index in [2.05, 4.69) is 17.2 Å². The predicted octanol–water partition coefficient (Wildman–Crippen LogP) is 4.54. The second-order valence-electron chi connectivity index (χ2n) is 6.29. The Morgan fingerprint density at radius 3 is 2.81 bits per heavy atom. The first-order chi connectivity index (χ1) is 10.1. The molecule has 0 spiro atoms. The van der Waals surface area contributed by atoms with Crippen LogP contribution in [0.3, 0.4) is 0 Å². The standard InChI is InChI=1S/C17H21ClN2O/c1-12-4-7-17(11-18,8-5-12)20-16-15-10-14(21)3-2-13(15)6-9-19-16/h2-3,6,9-10,12,21H,4-5,7-8,11H2,1H3,(H,19,20). The van der Waals surface area contributed by atoms with Gasteiger partial charge in [0.1, 0.15) is 11.6 Å². The second kappa shape index (κ2) is 5.72. The maximum Gasteiger partial charge on any atom is 0.134 e. The van der Waals surface area contributed by atoms with Gasteiger partial charge in [-0.2, -0.15) is 0 Å². The summed E-state index contributed by atoms with van der Waals surface area (Å²) in [5.74, 6) is 2.43. The number of phenolic OH excluding ortho intramolecular Hbond substituents is 1. The van der Waals surface area contributed by atoms with Gasteiger partial charge in [-0.3, -0.25) is 0 Å². The van der Waals surface area contributed by atoms with Gasteiger partial charge in [-0.25, -0.2) is 4.98 Å². The Balaban J connectivity index is 1.95. The summed E-state index contributed by atoms with van der Waals surface area (Å²) in [7, 11) is 0. The first-order valence-corrected chi connectivity index (χ1v) is 8.07. The van der Waals surface area contributed by atoms with Crippen molar-refractivity contribution in [3.8, 4) is 5.75 Å². The number of anilines is 1. The van der Waals surface area contributed by atoms with Crippen LogP contribution in [0, 0.1) is 5.92 Å². The van der Waals surface area contributed by atoms with E-state index in [-0.39, 0.29) is 11.3 Å². The van der Waals surface area contributed by atoms with Crippen LogP contribution in [0.5, 0.6) is 5.75 Å². The zero-order valence-corrected chi connectivity index (χ0v) is 13.0. The number of benzene rings is 1. The normalized spacial score (nSPS) is 25.9. The highest BCUT2D eigenvalue weighted by Crippen LogP contribution is 2.37. The van der Waals surface area contributed by atoms with Crippen molar-refractivity contribution in [2.24, 2.45) is 5.92 Å². The van der Waals surface area contributed by atoms with Gasteiger partial charge >= 0.3 is 0 Å². The SMILES string of the molecule is CC1CCC(CCl)(Nc2nccc3ccc(O)cc23)CC1. The van der Waals surface area contributed by atoms with Crippen molar-refractivity contribution in [3.05, 3.63) is 30.5 Å². The molecule has 0 amide bonds. The van der Waals surface area contributed by atoms with Crippen LogP contribution in [-0.2, 0) is 0 Å². The minimum absolute atomic E-state index is 0.0825. The van der Waals surface area contributed by atoms with Crippen molar-refractivity contribution in [2.75, 3.05) is 11.2 Å². The number of nitrogens with zero attached hydrogens (tertiary/aromatic N) is 1. The van der Waals surface area contributed by atoms with Crippen molar-refractivity contribution in [3.63, 3.8) is 0 Å². The van der Waals surface area contributed by atoms with Crippen LogP contribution in [0.1, 0.15) is 32.6 Å². The molecule has 1 aliphatic carbocycles. The van der Waals surface area contributed by atoms with E-state index in [1.807, 2.05) is 12.1 Å². The summed E-state index contributed by atoms with van der Waals surface area (Å²) in [4.78, 5) is 4.47. The summed E-state index contributed by atoms with van der Waals surface area (Å²) < 4.78 is 0. The molecule has 1 aliphatic rings. The fraction of sp³-hybridized carbons (Fsp3) is 0.471. The van der Waals surface area contributed by atoms with Gasteiger partial charge in [-0.1, -0.05) is 13.0 Å². The van der Waals surface area contributed by atoms with Crippen molar-refractivity contribution < 1.29 is 5.11 Å². The highest BCUT2D eigenvalue weighted by atomic mass is 35.5. The van der Waals surface area contributed by atoms with E-state index in [0.29, 0.717) is 5.88 Å². The zero-order valence-electron chi connectivity index (χ0n) is 12.3. The molecule has 0 unspecified atom stereocenters. The average Bonchev–Trinajstić information content (AvgIpc) is 2.50. The molecular formula is C17H21ClN2O. The molecule has 4 heteroatoms. The Hall–Kier alpha value is -1.48. The Kier molecular flexibility index (Phi) is 3.94. The fourth-order valence-electron chi connectivity index (χ4n) is 3.11. The average molecular weight is 305 g/mol. The molecule has 1 aromatic carbocycles. The van der Waals surface area contributed by atoms with Crippen molar-refractivity contribution >= 4 is 28.2 Å². The van der Waals surface area contributed by atoms with E-state index in [1.165, 1.54) is 12.8 Å². The number of pyridine rings is 1. The van der Waals surface area contributed by atoms with Gasteiger partial charge in [0.05, 0.1) is 5.54 Å². The molecule has 112 valence electrons. The lowest BCUT2D eigenvalue weighted by Crippen LogP contribution is -2.43. The molecular weight excluding hydrogens is 284 g/mol. The minimum atomic E-state index is -0.0825. The summed E-state index contributed by atoms with van der Waals surface area (Å²) in [6.07, 6.45) is 6.31. The summed E-state index contributed by atoms with van der Waals surface area (Å²) in [6, 6.07) is 7.33. The molecule has 0 radical (unpaired) electrons. The lowest BCUT2D eigenvalue weighted by Gasteiger charge is -2.39. The number of halogens is 1. The lowest BCUT2D eigenvalue weighted by molar-refractivity contribution is 0.286. The number of nitrogens with one attached hydrogen (secondary N) is 1. The topological polar surface area (TPSA) is 45.2 Å². The van der Waals surface area contributed by atoms with E-state index in [1.54, 1.807) is 18.3 Å². The van der Waals surface area contributed by atoms with E-state index in [9.17, 15) is 5.11 Å². The summed E-state index contributed by atoms with van der Waals surface area (Å²) in [5, 5.41) is 15.3. The van der Waals surface area contributed by atoms with Crippen LogP contribution in [0.25, 0.3) is 10.8 Å². The van der Waals surface area contributed by atoms with Gasteiger partial charge in [-0.05, 0) is 55.2 Å². The van der Waals surface area contributed by atoms with Gasteiger partial charge in [0.15, 0.2) is 0 Å². The molecule has 21 heavy (non-hydrogen) atoms. The molecule has 1 aromatic heterocycles. The van der Waals surface area contributed by atoms with Crippen molar-refractivity contribution in [1.29, 1.82) is 0 Å². The Morgan fingerprint density at radius 2 is 2.10 bits per heavy atom. The van der Waals surface area contributed by atoms with Gasteiger partial charge < -0.3 is 10.4 Å². The third-order valence-electron chi connectivity index (χ3n) is 4.62. The fourth-order valence-corrected chi connectivity index (χ4v) is 3.45. The van der Waals surface area contributed by atoms with Gasteiger partial charge in [0.2, 0.25) is 0 Å². The summed E-state index contributed by atoms with van der Waals surface area (Å²) >= 11 is 6.28. The third-order valence-corrected chi connectivity index (χ3v) is 5.13. The summed E-state index contributed by atoms with van der Waals surface area (Å²) in [5.41, 5.74) is -0.0825. The number of hydrogen-bond donors (Lipinski definition) is 2. The van der Waals surface area contributed by atoms with Crippen molar-refractivity contribution in [1.82, 2.24) is 4.98 Å². The van der Waals surface area contributed by atoms with E-state index >= 15 is 0 Å². The van der Waals surface area contributed by atoms with Crippen LogP contribution in [0.2, 0.25) is 0 Å². The molecule has 2 N–H and O–H groups in total. The highest BCUT2D eigenvalue weighted by Gasteiger charge is 2.34. The number of alkyl halides is 1. The predicted molar refractivity (Wildman–Crippen MR) is 88.1 cm³/mol. The number of fused-ring (bicyclic) bond motifs is 1. The number of phenols is 1. The molecule has 1 heterocycles. The molecule has 1 fully saturated rings. The van der Waals surface area contributed by atoms with Crippen LogP contribution in [0.4, 0.5) is 5.82 Å². The molecule has 0 aliphatic heterocycles. The summed E-state index contributed by atoms with van der Waals surface area (Å²) in [6.45, 7) is 2.30. The van der Waals surface area contributed by atoms with Gasteiger partial charge in [0, 0.05) is 17.5 Å². The van der Waals surface area contributed by atoms with Gasteiger partial charge in [-0.15, -0.1) is 11.6 Å². The molecule has 0 atom stereocenters.